The van der Waals surface area contributed by atoms with Crippen molar-refractivity contribution in [1.29, 1.82) is 0 Å². The molecule has 162 valence electrons. The molecule has 0 bridgehead atoms. The fourth-order valence-corrected chi connectivity index (χ4v) is 5.39. The Balaban J connectivity index is 1.26. The van der Waals surface area contributed by atoms with Gasteiger partial charge < -0.3 is 4.42 Å². The second-order valence-corrected chi connectivity index (χ2v) is 9.60. The molecule has 0 fully saturated rings. The molecule has 0 radical (unpaired) electrons. The summed E-state index contributed by atoms with van der Waals surface area (Å²) >= 11 is 0. The summed E-state index contributed by atoms with van der Waals surface area (Å²) in [7, 11) is 0. The van der Waals surface area contributed by atoms with Gasteiger partial charge in [-0.25, -0.2) is 0 Å². The van der Waals surface area contributed by atoms with Gasteiger partial charge in [-0.15, -0.1) is 0 Å². The lowest BCUT2D eigenvalue weighted by Gasteiger charge is -2.08. The van der Waals surface area contributed by atoms with Crippen molar-refractivity contribution >= 4 is 21.9 Å². The van der Waals surface area contributed by atoms with E-state index in [-0.39, 0.29) is 0 Å². The van der Waals surface area contributed by atoms with E-state index in [0.29, 0.717) is 0 Å². The van der Waals surface area contributed by atoms with Gasteiger partial charge in [0.2, 0.25) is 0 Å². The minimum Gasteiger partial charge on any atom is -0.456 e. The lowest BCUT2D eigenvalue weighted by atomic mass is 9.96. The Morgan fingerprint density at radius 1 is 0.471 bits per heavy atom. The molecule has 0 unspecified atom stereocenters. The lowest BCUT2D eigenvalue weighted by molar-refractivity contribution is 0.669. The Hall–Kier alpha value is -4.10. The van der Waals surface area contributed by atoms with E-state index in [2.05, 4.69) is 111 Å². The van der Waals surface area contributed by atoms with Gasteiger partial charge in [0.1, 0.15) is 11.2 Å². The van der Waals surface area contributed by atoms with E-state index in [0.717, 1.165) is 17.6 Å². The fourth-order valence-electron chi connectivity index (χ4n) is 5.39. The number of hydrogen-bond donors (Lipinski definition) is 0. The van der Waals surface area contributed by atoms with Crippen LogP contribution in [-0.2, 0) is 6.42 Å². The van der Waals surface area contributed by atoms with E-state index < -0.39 is 0 Å². The molecular formula is C33H24O. The summed E-state index contributed by atoms with van der Waals surface area (Å²) in [5, 5.41) is 2.36. The van der Waals surface area contributed by atoms with Crippen LogP contribution in [0.1, 0.15) is 22.3 Å². The molecule has 0 spiro atoms. The number of furan rings is 1. The number of hydrogen-bond acceptors (Lipinski definition) is 1. The van der Waals surface area contributed by atoms with Crippen LogP contribution < -0.4 is 0 Å². The first-order chi connectivity index (χ1) is 16.6. The minimum absolute atomic E-state index is 0.939. The Bertz CT molecular complexity index is 1730. The smallest absolute Gasteiger partial charge is 0.135 e. The van der Waals surface area contributed by atoms with Crippen molar-refractivity contribution in [3.05, 3.63) is 119 Å². The summed E-state index contributed by atoms with van der Waals surface area (Å²) in [5.74, 6) is 0. The van der Waals surface area contributed by atoms with Gasteiger partial charge in [0.25, 0.3) is 0 Å². The molecule has 34 heavy (non-hydrogen) atoms. The summed E-state index contributed by atoms with van der Waals surface area (Å²) in [6.07, 6.45) is 1.04. The first-order valence-corrected chi connectivity index (χ1v) is 11.9. The zero-order valence-corrected chi connectivity index (χ0v) is 19.4. The second kappa shape index (κ2) is 7.20. The minimum atomic E-state index is 0.939. The van der Waals surface area contributed by atoms with E-state index in [1.54, 1.807) is 0 Å². The Kier molecular flexibility index (Phi) is 4.10. The average Bonchev–Trinajstić information content (AvgIpc) is 3.41. The summed E-state index contributed by atoms with van der Waals surface area (Å²) in [6, 6.07) is 35.6. The van der Waals surface area contributed by atoms with E-state index in [1.165, 1.54) is 66.4 Å². The highest BCUT2D eigenvalue weighted by molar-refractivity contribution is 6.06. The maximum Gasteiger partial charge on any atom is 0.135 e. The van der Waals surface area contributed by atoms with E-state index in [9.17, 15) is 0 Å². The predicted molar refractivity (Wildman–Crippen MR) is 142 cm³/mol. The molecular weight excluding hydrogens is 412 g/mol. The highest BCUT2D eigenvalue weighted by atomic mass is 16.3. The molecule has 6 aromatic rings. The lowest BCUT2D eigenvalue weighted by Crippen LogP contribution is -1.84. The molecule has 5 aromatic carbocycles. The van der Waals surface area contributed by atoms with Crippen LogP contribution >= 0.6 is 0 Å². The van der Waals surface area contributed by atoms with E-state index in [4.69, 9.17) is 4.42 Å². The largest absolute Gasteiger partial charge is 0.456 e. The molecule has 1 aliphatic carbocycles. The van der Waals surface area contributed by atoms with Crippen LogP contribution in [0.25, 0.3) is 55.3 Å². The van der Waals surface area contributed by atoms with Crippen LogP contribution in [0.15, 0.2) is 101 Å². The maximum absolute atomic E-state index is 6.04. The molecule has 1 aliphatic rings. The van der Waals surface area contributed by atoms with Gasteiger partial charge in [-0.3, -0.25) is 0 Å². The zero-order chi connectivity index (χ0) is 22.8. The van der Waals surface area contributed by atoms with E-state index in [1.807, 2.05) is 0 Å². The fraction of sp³-hybridized carbons (Fsp3) is 0.0909. The number of benzene rings is 5. The van der Waals surface area contributed by atoms with Gasteiger partial charge in [-0.1, -0.05) is 77.9 Å². The number of rotatable bonds is 2. The quantitative estimate of drug-likeness (QED) is 0.263. The van der Waals surface area contributed by atoms with Gasteiger partial charge in [0, 0.05) is 10.8 Å². The summed E-state index contributed by atoms with van der Waals surface area (Å²) in [6.45, 7) is 4.30. The van der Waals surface area contributed by atoms with Crippen molar-refractivity contribution in [2.24, 2.45) is 0 Å². The van der Waals surface area contributed by atoms with Crippen molar-refractivity contribution < 1.29 is 4.42 Å². The van der Waals surface area contributed by atoms with E-state index >= 15 is 0 Å². The monoisotopic (exact) mass is 436 g/mol. The van der Waals surface area contributed by atoms with Crippen LogP contribution in [0.4, 0.5) is 0 Å². The summed E-state index contributed by atoms with van der Waals surface area (Å²) < 4.78 is 6.04. The second-order valence-electron chi connectivity index (χ2n) is 9.60. The molecule has 1 aromatic heterocycles. The molecule has 1 heteroatoms. The molecule has 0 atom stereocenters. The normalized spacial score (nSPS) is 12.3. The van der Waals surface area contributed by atoms with Crippen molar-refractivity contribution in [1.82, 2.24) is 0 Å². The number of fused-ring (bicyclic) bond motifs is 6. The Labute approximate surface area is 199 Å². The molecule has 0 saturated heterocycles. The molecule has 0 saturated carbocycles. The number of aryl methyl sites for hydroxylation is 2. The molecule has 1 nitrogen and oxygen atoms in total. The van der Waals surface area contributed by atoms with Gasteiger partial charge in [-0.05, 0) is 95.1 Å². The molecule has 1 heterocycles. The van der Waals surface area contributed by atoms with Gasteiger partial charge in [-0.2, -0.15) is 0 Å². The van der Waals surface area contributed by atoms with Gasteiger partial charge >= 0.3 is 0 Å². The molecule has 0 N–H and O–H groups in total. The topological polar surface area (TPSA) is 13.1 Å². The Morgan fingerprint density at radius 2 is 0.971 bits per heavy atom. The third-order valence-electron chi connectivity index (χ3n) is 7.22. The molecule has 7 rings (SSSR count). The van der Waals surface area contributed by atoms with Crippen LogP contribution in [0.3, 0.4) is 0 Å². The standard InChI is InChI=1S/C33H24O/c1-20-3-5-26-17-27-11-10-24(18-29(27)28(26)15-20)22-6-8-23(9-7-22)25-12-14-33-31(19-25)30-16-21(2)4-13-32(30)34-33/h3-16,18-19H,17H2,1-2H3. The first kappa shape index (κ1) is 19.4. The summed E-state index contributed by atoms with van der Waals surface area (Å²) in [4.78, 5) is 0. The zero-order valence-electron chi connectivity index (χ0n) is 19.4. The van der Waals surface area contributed by atoms with Gasteiger partial charge in [0.05, 0.1) is 0 Å². The van der Waals surface area contributed by atoms with Crippen molar-refractivity contribution in [2.45, 2.75) is 20.3 Å². The third-order valence-corrected chi connectivity index (χ3v) is 7.22. The molecule has 0 amide bonds. The van der Waals surface area contributed by atoms with Crippen LogP contribution in [0.2, 0.25) is 0 Å². The third kappa shape index (κ3) is 3.01. The summed E-state index contributed by atoms with van der Waals surface area (Å²) in [5.41, 5.74) is 15.0. The average molecular weight is 437 g/mol. The highest BCUT2D eigenvalue weighted by Gasteiger charge is 2.19. The maximum atomic E-state index is 6.04. The van der Waals surface area contributed by atoms with Crippen LogP contribution in [0.5, 0.6) is 0 Å². The van der Waals surface area contributed by atoms with Gasteiger partial charge in [0.15, 0.2) is 0 Å². The Morgan fingerprint density at radius 3 is 1.74 bits per heavy atom. The molecule has 0 aliphatic heterocycles. The van der Waals surface area contributed by atoms with Crippen LogP contribution in [0, 0.1) is 13.8 Å². The van der Waals surface area contributed by atoms with Crippen molar-refractivity contribution in [3.63, 3.8) is 0 Å². The van der Waals surface area contributed by atoms with Crippen molar-refractivity contribution in [3.8, 4) is 33.4 Å². The first-order valence-electron chi connectivity index (χ1n) is 11.9. The van der Waals surface area contributed by atoms with Crippen LogP contribution in [-0.4, -0.2) is 0 Å². The SMILES string of the molecule is Cc1ccc2c(c1)-c1cc(-c3ccc(-c4ccc5oc6ccc(C)cc6c5c4)cc3)ccc1C2. The predicted octanol–water partition coefficient (Wildman–Crippen LogP) is 9.11. The van der Waals surface area contributed by atoms with Crippen molar-refractivity contribution in [2.75, 3.05) is 0 Å². The highest BCUT2D eigenvalue weighted by Crippen LogP contribution is 2.40.